The molecule has 0 radical (unpaired) electrons. The van der Waals surface area contributed by atoms with Gasteiger partial charge in [-0.25, -0.2) is 0 Å². The van der Waals surface area contributed by atoms with E-state index >= 15 is 0 Å². The summed E-state index contributed by atoms with van der Waals surface area (Å²) in [4.78, 5) is 36.0. The number of hydrogen-bond acceptors (Lipinski definition) is 3. The lowest BCUT2D eigenvalue weighted by Gasteiger charge is -2.57. The Hall–Kier alpha value is -1.51. The van der Waals surface area contributed by atoms with Gasteiger partial charge in [0.05, 0.1) is 0 Å². The van der Waals surface area contributed by atoms with Gasteiger partial charge in [-0.2, -0.15) is 0 Å². The van der Waals surface area contributed by atoms with E-state index in [-0.39, 0.29) is 28.2 Å². The first-order valence-electron chi connectivity index (χ1n) is 9.27. The van der Waals surface area contributed by atoms with E-state index in [0.717, 1.165) is 37.7 Å². The molecular weight excluding hydrogens is 300 g/mol. The molecule has 0 unspecified atom stereocenters. The Morgan fingerprint density at radius 3 is 2.58 bits per heavy atom. The molecule has 0 spiro atoms. The van der Waals surface area contributed by atoms with Gasteiger partial charge in [0.25, 0.3) is 0 Å². The zero-order valence-electron chi connectivity index (χ0n) is 14.9. The molecule has 2 fully saturated rings. The van der Waals surface area contributed by atoms with Crippen molar-refractivity contribution >= 4 is 17.3 Å². The van der Waals surface area contributed by atoms with Crippen molar-refractivity contribution in [2.24, 2.45) is 28.6 Å². The minimum Gasteiger partial charge on any atom is -0.295 e. The highest BCUT2D eigenvalue weighted by Gasteiger charge is 2.58. The Balaban J connectivity index is 1.70. The second kappa shape index (κ2) is 5.00. The Bertz CT molecular complexity index is 713. The molecule has 0 heterocycles. The van der Waals surface area contributed by atoms with E-state index in [0.29, 0.717) is 24.2 Å². The number of allylic oxidation sites excluding steroid dienone is 4. The monoisotopic (exact) mass is 326 g/mol. The highest BCUT2D eigenvalue weighted by Crippen LogP contribution is 2.65. The first-order chi connectivity index (χ1) is 11.3. The molecule has 4 aliphatic rings. The van der Waals surface area contributed by atoms with Gasteiger partial charge in [0.2, 0.25) is 11.6 Å². The molecule has 4 aliphatic carbocycles. The van der Waals surface area contributed by atoms with Crippen LogP contribution in [0.25, 0.3) is 0 Å². The van der Waals surface area contributed by atoms with Gasteiger partial charge in [0, 0.05) is 6.42 Å². The fourth-order valence-corrected chi connectivity index (χ4v) is 6.58. The Labute approximate surface area is 143 Å². The lowest BCUT2D eigenvalue weighted by atomic mass is 9.46. The smallest absolute Gasteiger partial charge is 0.221 e. The maximum absolute atomic E-state index is 12.1. The van der Waals surface area contributed by atoms with Gasteiger partial charge in [0.1, 0.15) is 0 Å². The quantitative estimate of drug-likeness (QED) is 0.688. The highest BCUT2D eigenvalue weighted by atomic mass is 16.2. The summed E-state index contributed by atoms with van der Waals surface area (Å²) in [7, 11) is 0. The molecule has 0 aromatic carbocycles. The molecule has 0 N–H and O–H groups in total. The van der Waals surface area contributed by atoms with Crippen LogP contribution < -0.4 is 0 Å². The third-order valence-corrected chi connectivity index (χ3v) is 7.80. The van der Waals surface area contributed by atoms with Gasteiger partial charge in [-0.15, -0.1) is 0 Å². The van der Waals surface area contributed by atoms with E-state index < -0.39 is 0 Å². The molecule has 0 bridgehead atoms. The third kappa shape index (κ3) is 1.93. The van der Waals surface area contributed by atoms with Crippen molar-refractivity contribution < 1.29 is 14.4 Å². The summed E-state index contributed by atoms with van der Waals surface area (Å²) in [5, 5.41) is 0. The second-order valence-electron chi connectivity index (χ2n) is 8.83. The molecule has 24 heavy (non-hydrogen) atoms. The number of carbonyl (C=O) groups excluding carboxylic acids is 3. The highest BCUT2D eigenvalue weighted by molar-refractivity contribution is 6.42. The molecule has 2 saturated carbocycles. The van der Waals surface area contributed by atoms with E-state index in [2.05, 4.69) is 19.9 Å². The van der Waals surface area contributed by atoms with E-state index in [1.54, 1.807) is 13.0 Å². The van der Waals surface area contributed by atoms with Crippen LogP contribution in [-0.2, 0) is 14.4 Å². The molecule has 0 aromatic heterocycles. The number of hydrogen-bond donors (Lipinski definition) is 0. The molecule has 0 aromatic rings. The number of ketones is 3. The van der Waals surface area contributed by atoms with E-state index in [4.69, 9.17) is 0 Å². The van der Waals surface area contributed by atoms with Crippen LogP contribution in [0.15, 0.2) is 23.3 Å². The van der Waals surface area contributed by atoms with Gasteiger partial charge in [0.15, 0.2) is 5.78 Å². The maximum Gasteiger partial charge on any atom is 0.221 e. The van der Waals surface area contributed by atoms with Gasteiger partial charge >= 0.3 is 0 Å². The first-order valence-corrected chi connectivity index (χ1v) is 9.27. The Morgan fingerprint density at radius 1 is 1.12 bits per heavy atom. The summed E-state index contributed by atoms with van der Waals surface area (Å²) in [6, 6.07) is 0. The van der Waals surface area contributed by atoms with Crippen LogP contribution in [0, 0.1) is 28.6 Å². The van der Waals surface area contributed by atoms with Crippen molar-refractivity contribution in [3.05, 3.63) is 23.3 Å². The van der Waals surface area contributed by atoms with Crippen molar-refractivity contribution in [1.82, 2.24) is 0 Å². The van der Waals surface area contributed by atoms with Crippen LogP contribution in [0.1, 0.15) is 59.3 Å². The predicted molar refractivity (Wildman–Crippen MR) is 91.2 cm³/mol. The first kappa shape index (κ1) is 16.0. The summed E-state index contributed by atoms with van der Waals surface area (Å²) in [5.41, 5.74) is 2.11. The molecule has 0 amide bonds. The molecular formula is C21H26O3. The maximum atomic E-state index is 12.1. The number of fused-ring (bicyclic) bond motifs is 5. The molecule has 0 saturated heterocycles. The van der Waals surface area contributed by atoms with Crippen molar-refractivity contribution in [1.29, 1.82) is 0 Å². The standard InChI is InChI=1S/C21H26O3/c1-12(22)15-6-7-16-14-5-4-13-10-18(23)19(24)11-21(13,3)17(14)8-9-20(15,16)2/h6,10,14,16-17H,4-5,7-9,11H2,1-3H3/t14-,16-,17-,20+,21-/m0/s1. The van der Waals surface area contributed by atoms with Crippen molar-refractivity contribution in [2.45, 2.75) is 59.3 Å². The molecule has 0 aliphatic heterocycles. The zero-order chi connectivity index (χ0) is 17.3. The van der Waals surface area contributed by atoms with Crippen LogP contribution in [0.3, 0.4) is 0 Å². The fourth-order valence-electron chi connectivity index (χ4n) is 6.58. The Kier molecular flexibility index (Phi) is 3.33. The van der Waals surface area contributed by atoms with E-state index in [1.165, 1.54) is 5.57 Å². The van der Waals surface area contributed by atoms with Crippen molar-refractivity contribution in [3.8, 4) is 0 Å². The topological polar surface area (TPSA) is 51.2 Å². The number of carbonyl (C=O) groups is 3. The SMILES string of the molecule is CC(=O)C1=CC[C@H]2[C@@H]3CCC4=CC(=O)C(=O)C[C@]4(C)[C@H]3CC[C@]12C. The normalized spacial score (nSPS) is 44.2. The molecule has 3 nitrogen and oxygen atoms in total. The van der Waals surface area contributed by atoms with Gasteiger partial charge in [-0.3, -0.25) is 14.4 Å². The van der Waals surface area contributed by atoms with Crippen molar-refractivity contribution in [2.75, 3.05) is 0 Å². The van der Waals surface area contributed by atoms with Crippen LogP contribution in [0.2, 0.25) is 0 Å². The minimum atomic E-state index is -0.303. The summed E-state index contributed by atoms with van der Waals surface area (Å²) < 4.78 is 0. The lowest BCUT2D eigenvalue weighted by molar-refractivity contribution is -0.138. The summed E-state index contributed by atoms with van der Waals surface area (Å²) in [5.74, 6) is 1.24. The Morgan fingerprint density at radius 2 is 1.88 bits per heavy atom. The molecule has 128 valence electrons. The average molecular weight is 326 g/mol. The molecule has 4 rings (SSSR count). The number of rotatable bonds is 1. The summed E-state index contributed by atoms with van der Waals surface area (Å²) in [6.45, 7) is 6.17. The van der Waals surface area contributed by atoms with Gasteiger partial charge < -0.3 is 0 Å². The summed E-state index contributed by atoms with van der Waals surface area (Å²) in [6.07, 6.45) is 9.30. The molecule has 5 atom stereocenters. The number of Topliss-reactive ketones (excluding diaryl/α,β-unsaturated/α-hetero) is 2. The zero-order valence-corrected chi connectivity index (χ0v) is 14.9. The van der Waals surface area contributed by atoms with Crippen LogP contribution in [0.4, 0.5) is 0 Å². The summed E-state index contributed by atoms with van der Waals surface area (Å²) >= 11 is 0. The lowest BCUT2D eigenvalue weighted by Crippen LogP contribution is -2.51. The van der Waals surface area contributed by atoms with Gasteiger partial charge in [-0.05, 0) is 79.3 Å². The van der Waals surface area contributed by atoms with E-state index in [1.807, 2.05) is 0 Å². The third-order valence-electron chi connectivity index (χ3n) is 7.80. The van der Waals surface area contributed by atoms with Crippen LogP contribution in [0.5, 0.6) is 0 Å². The van der Waals surface area contributed by atoms with E-state index in [9.17, 15) is 14.4 Å². The van der Waals surface area contributed by atoms with Crippen molar-refractivity contribution in [3.63, 3.8) is 0 Å². The van der Waals surface area contributed by atoms with Crippen LogP contribution >= 0.6 is 0 Å². The molecule has 3 heteroatoms. The fraction of sp³-hybridized carbons (Fsp3) is 0.667. The van der Waals surface area contributed by atoms with Gasteiger partial charge in [-0.1, -0.05) is 25.5 Å². The largest absolute Gasteiger partial charge is 0.295 e. The van der Waals surface area contributed by atoms with Crippen LogP contribution in [-0.4, -0.2) is 17.3 Å². The average Bonchev–Trinajstić information content (AvgIpc) is 2.86. The predicted octanol–water partition coefficient (Wildman–Crippen LogP) is 3.82. The second-order valence-corrected chi connectivity index (χ2v) is 8.83. The minimum absolute atomic E-state index is 0.0130.